The lowest BCUT2D eigenvalue weighted by molar-refractivity contribution is 0.102. The van der Waals surface area contributed by atoms with E-state index in [9.17, 15) is 4.79 Å². The van der Waals surface area contributed by atoms with Crippen molar-refractivity contribution >= 4 is 34.0 Å². The molecule has 2 heterocycles. The number of hydrogen-bond acceptors (Lipinski definition) is 6. The number of thioether (sulfide) groups is 1. The van der Waals surface area contributed by atoms with Crippen molar-refractivity contribution in [2.45, 2.75) is 31.7 Å². The highest BCUT2D eigenvalue weighted by molar-refractivity contribution is 8.01. The number of aryl methyl sites for hydroxylation is 1. The van der Waals surface area contributed by atoms with E-state index in [2.05, 4.69) is 26.7 Å². The van der Waals surface area contributed by atoms with Crippen LogP contribution in [0, 0.1) is 13.8 Å². The zero-order valence-electron chi connectivity index (χ0n) is 13.0. The van der Waals surface area contributed by atoms with Crippen molar-refractivity contribution in [2.75, 3.05) is 17.6 Å². The molecule has 0 aliphatic rings. The summed E-state index contributed by atoms with van der Waals surface area (Å²) in [7, 11) is 0. The molecule has 0 aromatic carbocycles. The Bertz CT molecular complexity index is 675. The molecule has 2 aromatic heterocycles. The third-order valence-corrected chi connectivity index (χ3v) is 5.26. The normalized spacial score (nSPS) is 10.7. The summed E-state index contributed by atoms with van der Waals surface area (Å²) in [5, 5.41) is 12.0. The summed E-state index contributed by atoms with van der Waals surface area (Å²) in [6, 6.07) is 1.95. The van der Waals surface area contributed by atoms with Gasteiger partial charge in [-0.15, -0.1) is 16.8 Å². The Morgan fingerprint density at radius 2 is 2.27 bits per heavy atom. The fourth-order valence-corrected chi connectivity index (χ4v) is 3.89. The van der Waals surface area contributed by atoms with Crippen LogP contribution in [-0.4, -0.2) is 32.8 Å². The SMILES string of the molecule is C=CCn1c(C)cc(C(=O)CSc2nnc(NCC)s2)c1C. The summed E-state index contributed by atoms with van der Waals surface area (Å²) in [6.45, 7) is 11.3. The minimum atomic E-state index is 0.119. The number of carbonyl (C=O) groups is 1. The first kappa shape index (κ1) is 16.8. The van der Waals surface area contributed by atoms with Crippen LogP contribution >= 0.6 is 23.1 Å². The quantitative estimate of drug-likeness (QED) is 0.454. The van der Waals surface area contributed by atoms with Gasteiger partial charge in [0.2, 0.25) is 5.13 Å². The molecular weight excluding hydrogens is 316 g/mol. The number of hydrogen-bond donors (Lipinski definition) is 1. The molecule has 0 aliphatic carbocycles. The van der Waals surface area contributed by atoms with Crippen molar-refractivity contribution < 1.29 is 4.79 Å². The summed E-state index contributed by atoms with van der Waals surface area (Å²) in [5.41, 5.74) is 2.85. The van der Waals surface area contributed by atoms with E-state index in [0.29, 0.717) is 5.75 Å². The molecule has 5 nitrogen and oxygen atoms in total. The molecule has 2 rings (SSSR count). The van der Waals surface area contributed by atoms with Crippen molar-refractivity contribution in [1.29, 1.82) is 0 Å². The fraction of sp³-hybridized carbons (Fsp3) is 0.400. The second-order valence-electron chi connectivity index (χ2n) is 4.80. The number of rotatable bonds is 8. The molecule has 0 saturated heterocycles. The lowest BCUT2D eigenvalue weighted by atomic mass is 10.2. The third kappa shape index (κ3) is 3.78. The number of ketones is 1. The number of anilines is 1. The van der Waals surface area contributed by atoms with Crippen LogP contribution < -0.4 is 5.32 Å². The Balaban J connectivity index is 2.02. The monoisotopic (exact) mass is 336 g/mol. The Labute approximate surface area is 138 Å². The van der Waals surface area contributed by atoms with Gasteiger partial charge in [0.25, 0.3) is 0 Å². The Hall–Kier alpha value is -1.60. The minimum absolute atomic E-state index is 0.119. The molecule has 22 heavy (non-hydrogen) atoms. The van der Waals surface area contributed by atoms with Gasteiger partial charge in [0.1, 0.15) is 0 Å². The lowest BCUT2D eigenvalue weighted by Gasteiger charge is -2.05. The van der Waals surface area contributed by atoms with Gasteiger partial charge in [-0.3, -0.25) is 4.79 Å². The number of allylic oxidation sites excluding steroid dienone is 1. The summed E-state index contributed by atoms with van der Waals surface area (Å²) in [4.78, 5) is 12.4. The average molecular weight is 336 g/mol. The summed E-state index contributed by atoms with van der Waals surface area (Å²) >= 11 is 2.91. The Morgan fingerprint density at radius 3 is 2.95 bits per heavy atom. The molecule has 0 aliphatic heterocycles. The zero-order valence-corrected chi connectivity index (χ0v) is 14.7. The number of nitrogens with zero attached hydrogens (tertiary/aromatic N) is 3. The van der Waals surface area contributed by atoms with Gasteiger partial charge in [0.15, 0.2) is 10.1 Å². The molecule has 0 unspecified atom stereocenters. The van der Waals surface area contributed by atoms with Gasteiger partial charge < -0.3 is 9.88 Å². The van der Waals surface area contributed by atoms with E-state index in [0.717, 1.165) is 39.5 Å². The Kier molecular flexibility index (Phi) is 5.79. The molecular formula is C15H20N4OS2. The largest absolute Gasteiger partial charge is 0.360 e. The lowest BCUT2D eigenvalue weighted by Crippen LogP contribution is -2.06. The minimum Gasteiger partial charge on any atom is -0.360 e. The highest BCUT2D eigenvalue weighted by Crippen LogP contribution is 2.26. The molecule has 0 spiro atoms. The standard InChI is InChI=1S/C15H20N4OS2/c1-5-7-19-10(3)8-12(11(19)4)13(20)9-21-15-18-17-14(22-15)16-6-2/h5,8H,1,6-7,9H2,2-4H3,(H,16,17). The smallest absolute Gasteiger partial charge is 0.206 e. The fourth-order valence-electron chi connectivity index (χ4n) is 2.19. The second-order valence-corrected chi connectivity index (χ2v) is 7.00. The number of nitrogens with one attached hydrogen (secondary N) is 1. The van der Waals surface area contributed by atoms with E-state index >= 15 is 0 Å². The number of aromatic nitrogens is 3. The van der Waals surface area contributed by atoms with E-state index in [1.165, 1.54) is 23.1 Å². The van der Waals surface area contributed by atoms with Gasteiger partial charge >= 0.3 is 0 Å². The van der Waals surface area contributed by atoms with Crippen LogP contribution in [0.2, 0.25) is 0 Å². The van der Waals surface area contributed by atoms with Crippen LogP contribution in [0.15, 0.2) is 23.1 Å². The molecule has 7 heteroatoms. The van der Waals surface area contributed by atoms with Gasteiger partial charge in [-0.05, 0) is 26.8 Å². The van der Waals surface area contributed by atoms with E-state index < -0.39 is 0 Å². The van der Waals surface area contributed by atoms with Crippen LogP contribution in [0.5, 0.6) is 0 Å². The summed E-state index contributed by atoms with van der Waals surface area (Å²) in [6.07, 6.45) is 1.84. The van der Waals surface area contributed by atoms with Crippen LogP contribution in [-0.2, 0) is 6.54 Å². The molecule has 1 N–H and O–H groups in total. The first-order chi connectivity index (χ1) is 10.6. The van der Waals surface area contributed by atoms with Gasteiger partial charge in [-0.25, -0.2) is 0 Å². The molecule has 0 amide bonds. The second kappa shape index (κ2) is 7.60. The van der Waals surface area contributed by atoms with Gasteiger partial charge in [0, 0.05) is 30.0 Å². The van der Waals surface area contributed by atoms with E-state index in [1.54, 1.807) is 0 Å². The molecule has 118 valence electrons. The van der Waals surface area contributed by atoms with Crippen LogP contribution in [0.1, 0.15) is 28.7 Å². The van der Waals surface area contributed by atoms with Gasteiger partial charge in [0.05, 0.1) is 5.75 Å². The third-order valence-electron chi connectivity index (χ3n) is 3.25. The van der Waals surface area contributed by atoms with Gasteiger partial charge in [-0.1, -0.05) is 29.2 Å². The van der Waals surface area contributed by atoms with Gasteiger partial charge in [-0.2, -0.15) is 0 Å². The summed E-state index contributed by atoms with van der Waals surface area (Å²) < 4.78 is 2.91. The molecule has 0 radical (unpaired) electrons. The van der Waals surface area contributed by atoms with Crippen molar-refractivity contribution in [3.8, 4) is 0 Å². The first-order valence-corrected chi connectivity index (χ1v) is 8.88. The van der Waals surface area contributed by atoms with Crippen molar-refractivity contribution in [1.82, 2.24) is 14.8 Å². The van der Waals surface area contributed by atoms with Crippen LogP contribution in [0.4, 0.5) is 5.13 Å². The number of carbonyl (C=O) groups excluding carboxylic acids is 1. The molecule has 0 saturated carbocycles. The van der Waals surface area contributed by atoms with Crippen molar-refractivity contribution in [2.24, 2.45) is 0 Å². The highest BCUT2D eigenvalue weighted by Gasteiger charge is 2.16. The molecule has 0 atom stereocenters. The predicted molar refractivity (Wildman–Crippen MR) is 93.2 cm³/mol. The highest BCUT2D eigenvalue weighted by atomic mass is 32.2. The molecule has 0 bridgehead atoms. The molecule has 0 fully saturated rings. The average Bonchev–Trinajstić information content (AvgIpc) is 3.05. The molecule has 2 aromatic rings. The maximum absolute atomic E-state index is 12.4. The zero-order chi connectivity index (χ0) is 16.1. The van der Waals surface area contributed by atoms with E-state index in [1.807, 2.05) is 32.9 Å². The Morgan fingerprint density at radius 1 is 1.50 bits per heavy atom. The topological polar surface area (TPSA) is 59.8 Å². The predicted octanol–water partition coefficient (Wildman–Crippen LogP) is 3.55. The summed E-state index contributed by atoms with van der Waals surface area (Å²) in [5.74, 6) is 0.493. The maximum Gasteiger partial charge on any atom is 0.206 e. The van der Waals surface area contributed by atoms with Crippen LogP contribution in [0.3, 0.4) is 0 Å². The van der Waals surface area contributed by atoms with Crippen molar-refractivity contribution in [3.05, 3.63) is 35.7 Å². The van der Waals surface area contributed by atoms with E-state index in [4.69, 9.17) is 0 Å². The van der Waals surface area contributed by atoms with Crippen LogP contribution in [0.25, 0.3) is 0 Å². The van der Waals surface area contributed by atoms with E-state index in [-0.39, 0.29) is 5.78 Å². The number of Topliss-reactive ketones (excluding diaryl/α,β-unsaturated/α-hetero) is 1. The van der Waals surface area contributed by atoms with Crippen molar-refractivity contribution in [3.63, 3.8) is 0 Å². The first-order valence-electron chi connectivity index (χ1n) is 7.07. The maximum atomic E-state index is 12.4.